The van der Waals surface area contributed by atoms with Gasteiger partial charge in [-0.1, -0.05) is 20.3 Å². The van der Waals surface area contributed by atoms with E-state index in [0.717, 1.165) is 6.92 Å². The molecule has 0 radical (unpaired) electrons. The molecule has 5 amide bonds. The number of amides is 5. The van der Waals surface area contributed by atoms with E-state index >= 15 is 0 Å². The third kappa shape index (κ3) is 18.0. The first-order chi connectivity index (χ1) is 22.4. The molecule has 0 heterocycles. The van der Waals surface area contributed by atoms with E-state index in [4.69, 9.17) is 28.0 Å². The van der Waals surface area contributed by atoms with Gasteiger partial charge >= 0.3 is 11.9 Å². The minimum absolute atomic E-state index is 0.0443. The fourth-order valence-corrected chi connectivity index (χ4v) is 4.18. The summed E-state index contributed by atoms with van der Waals surface area (Å²) in [7, 11) is 0. The van der Waals surface area contributed by atoms with Crippen LogP contribution in [0.1, 0.15) is 65.7 Å². The zero-order valence-corrected chi connectivity index (χ0v) is 27.6. The molecule has 20 heteroatoms. The molecule has 0 aliphatic carbocycles. The number of carboxylic acid groups (broad SMARTS) is 2. The lowest BCUT2D eigenvalue weighted by atomic mass is 10.0. The summed E-state index contributed by atoms with van der Waals surface area (Å²) >= 11 is 0. The highest BCUT2D eigenvalue weighted by atomic mass is 16.4. The lowest BCUT2D eigenvalue weighted by Crippen LogP contribution is -2.59. The molecule has 0 aromatic rings. The Labute approximate surface area is 278 Å². The Kier molecular flexibility index (Phi) is 20.7. The standard InChI is InChI=1S/C28H52N10O10/c1-14(2)21(38-23(43)16(30)7-4-5-11-29)26(46)36-17(8-6-12-33-28(31)32)25(45)35-18(9-10-20(41)42)24(44)34-13-19(40)37-22(15(3)39)27(47)48/h14-18,21-22,39H,4-13,29-30H2,1-3H3,(H,34,44)(H,35,45)(H,36,46)(H,37,40)(H,38,43)(H,41,42)(H,47,48)(H4,31,32,33)/t15-,16+,17+,18+,21+,22+/m1/s1. The first kappa shape index (κ1) is 43.4. The number of aliphatic hydroxyl groups excluding tert-OH is 1. The van der Waals surface area contributed by atoms with Crippen LogP contribution in [0.3, 0.4) is 0 Å². The van der Waals surface area contributed by atoms with Crippen LogP contribution in [0.5, 0.6) is 0 Å². The van der Waals surface area contributed by atoms with Crippen LogP contribution < -0.4 is 49.5 Å². The van der Waals surface area contributed by atoms with Gasteiger partial charge in [0.25, 0.3) is 0 Å². The molecule has 0 bridgehead atoms. The number of rotatable bonds is 24. The van der Waals surface area contributed by atoms with E-state index in [0.29, 0.717) is 25.8 Å². The highest BCUT2D eigenvalue weighted by Crippen LogP contribution is 2.08. The van der Waals surface area contributed by atoms with Crippen molar-refractivity contribution in [1.29, 1.82) is 0 Å². The number of aliphatic hydroxyl groups is 1. The number of carboxylic acids is 2. The van der Waals surface area contributed by atoms with Gasteiger partial charge in [-0.15, -0.1) is 0 Å². The summed E-state index contributed by atoms with van der Waals surface area (Å²) in [6.45, 7) is 4.21. The van der Waals surface area contributed by atoms with Crippen LogP contribution in [0.2, 0.25) is 0 Å². The average molecular weight is 689 g/mol. The number of nitrogens with zero attached hydrogens (tertiary/aromatic N) is 1. The maximum Gasteiger partial charge on any atom is 0.328 e. The van der Waals surface area contributed by atoms with E-state index in [9.17, 15) is 43.8 Å². The highest BCUT2D eigenvalue weighted by molar-refractivity contribution is 5.96. The molecule has 0 fully saturated rings. The van der Waals surface area contributed by atoms with Gasteiger partial charge in [0.15, 0.2) is 12.0 Å². The fraction of sp³-hybridized carbons (Fsp3) is 0.714. The molecule has 6 atom stereocenters. The van der Waals surface area contributed by atoms with E-state index in [1.807, 2.05) is 5.32 Å². The van der Waals surface area contributed by atoms with Crippen molar-refractivity contribution in [2.24, 2.45) is 33.8 Å². The van der Waals surface area contributed by atoms with Gasteiger partial charge in [0.2, 0.25) is 29.5 Å². The lowest BCUT2D eigenvalue weighted by molar-refractivity contribution is -0.144. The predicted molar refractivity (Wildman–Crippen MR) is 173 cm³/mol. The normalized spacial score (nSPS) is 14.6. The lowest BCUT2D eigenvalue weighted by Gasteiger charge is -2.27. The number of nitrogens with one attached hydrogen (secondary N) is 5. The Morgan fingerprint density at radius 1 is 0.729 bits per heavy atom. The minimum atomic E-state index is -1.66. The predicted octanol–water partition coefficient (Wildman–Crippen LogP) is -4.46. The van der Waals surface area contributed by atoms with E-state index in [1.54, 1.807) is 13.8 Å². The molecular formula is C28H52N10O10. The summed E-state index contributed by atoms with van der Waals surface area (Å²) < 4.78 is 0. The van der Waals surface area contributed by atoms with Gasteiger partial charge < -0.3 is 64.8 Å². The van der Waals surface area contributed by atoms with Crippen LogP contribution in [0.4, 0.5) is 0 Å². The second kappa shape index (κ2) is 22.9. The third-order valence-electron chi connectivity index (χ3n) is 6.90. The fourth-order valence-electron chi connectivity index (χ4n) is 4.18. The molecule has 0 unspecified atom stereocenters. The van der Waals surface area contributed by atoms with E-state index in [-0.39, 0.29) is 25.3 Å². The van der Waals surface area contributed by atoms with Crippen LogP contribution in [-0.2, 0) is 33.6 Å². The molecule has 0 saturated carbocycles. The monoisotopic (exact) mass is 688 g/mol. The van der Waals surface area contributed by atoms with Crippen LogP contribution in [0, 0.1) is 5.92 Å². The van der Waals surface area contributed by atoms with Crippen molar-refractivity contribution < 1.29 is 48.9 Å². The Hall–Kier alpha value is -4.56. The summed E-state index contributed by atoms with van der Waals surface area (Å²) in [5, 5.41) is 39.6. The number of guanidine groups is 1. The van der Waals surface area contributed by atoms with Gasteiger partial charge in [0.05, 0.1) is 18.7 Å². The second-order valence-corrected chi connectivity index (χ2v) is 11.5. The van der Waals surface area contributed by atoms with Gasteiger partial charge in [-0.3, -0.25) is 33.8 Å². The maximum atomic E-state index is 13.4. The molecule has 20 nitrogen and oxygen atoms in total. The maximum absolute atomic E-state index is 13.4. The minimum Gasteiger partial charge on any atom is -0.481 e. The summed E-state index contributed by atoms with van der Waals surface area (Å²) in [6, 6.07) is -6.48. The number of carbonyl (C=O) groups excluding carboxylic acids is 5. The van der Waals surface area contributed by atoms with Gasteiger partial charge in [-0.2, -0.15) is 0 Å². The van der Waals surface area contributed by atoms with Crippen molar-refractivity contribution in [3.05, 3.63) is 0 Å². The topological polar surface area (TPSA) is 357 Å². The van der Waals surface area contributed by atoms with Crippen molar-refractivity contribution in [1.82, 2.24) is 26.6 Å². The molecule has 0 spiro atoms. The zero-order valence-electron chi connectivity index (χ0n) is 27.6. The number of nitrogens with two attached hydrogens (primary N) is 4. The quantitative estimate of drug-likeness (QED) is 0.0259. The number of unbranched alkanes of at least 4 members (excludes halogenated alkanes) is 1. The van der Waals surface area contributed by atoms with Gasteiger partial charge in [0.1, 0.15) is 18.1 Å². The molecule has 0 aromatic heterocycles. The summed E-state index contributed by atoms with van der Waals surface area (Å²) in [6.07, 6.45) is -0.688. The molecule has 0 aliphatic rings. The highest BCUT2D eigenvalue weighted by Gasteiger charge is 2.32. The Morgan fingerprint density at radius 2 is 1.33 bits per heavy atom. The second-order valence-electron chi connectivity index (χ2n) is 11.5. The van der Waals surface area contributed by atoms with E-state index in [1.165, 1.54) is 0 Å². The molecule has 274 valence electrons. The van der Waals surface area contributed by atoms with E-state index < -0.39 is 103 Å². The third-order valence-corrected chi connectivity index (χ3v) is 6.90. The molecular weight excluding hydrogens is 636 g/mol. The van der Waals surface area contributed by atoms with Crippen molar-refractivity contribution >= 4 is 47.4 Å². The number of hydrogen-bond donors (Lipinski definition) is 12. The van der Waals surface area contributed by atoms with Crippen molar-refractivity contribution in [2.75, 3.05) is 19.6 Å². The first-order valence-corrected chi connectivity index (χ1v) is 15.5. The number of aliphatic imine (C=N–C) groups is 1. The van der Waals surface area contributed by atoms with Crippen molar-refractivity contribution in [3.8, 4) is 0 Å². The molecule has 16 N–H and O–H groups in total. The smallest absolute Gasteiger partial charge is 0.328 e. The van der Waals surface area contributed by atoms with Crippen molar-refractivity contribution in [2.45, 2.75) is 102 Å². The number of carbonyl (C=O) groups is 7. The zero-order chi connectivity index (χ0) is 37.0. The molecule has 0 aliphatic heterocycles. The summed E-state index contributed by atoms with van der Waals surface area (Å²) in [5.74, 6) is -7.62. The number of aliphatic carboxylic acids is 2. The molecule has 0 rings (SSSR count). The molecule has 0 saturated heterocycles. The summed E-state index contributed by atoms with van der Waals surface area (Å²) in [4.78, 5) is 91.0. The molecule has 48 heavy (non-hydrogen) atoms. The van der Waals surface area contributed by atoms with Gasteiger partial charge in [0, 0.05) is 13.0 Å². The number of hydrogen-bond acceptors (Lipinski definition) is 11. The van der Waals surface area contributed by atoms with E-state index in [2.05, 4.69) is 26.3 Å². The first-order valence-electron chi connectivity index (χ1n) is 15.5. The Balaban J connectivity index is 5.90. The Bertz CT molecular complexity index is 1130. The summed E-state index contributed by atoms with van der Waals surface area (Å²) in [5.41, 5.74) is 22.2. The van der Waals surface area contributed by atoms with Gasteiger partial charge in [-0.25, -0.2) is 4.79 Å². The molecule has 0 aromatic carbocycles. The average Bonchev–Trinajstić information content (AvgIpc) is 2.99. The van der Waals surface area contributed by atoms with Crippen LogP contribution in [0.15, 0.2) is 4.99 Å². The largest absolute Gasteiger partial charge is 0.481 e. The SMILES string of the molecule is CC(C)[C@H](NC(=O)[C@@H](N)CCCCN)C(=O)N[C@@H](CCCN=C(N)N)C(=O)N[C@@H](CCC(=O)O)C(=O)NCC(=O)N[C@H](C(=O)O)[C@@H](C)O. The van der Waals surface area contributed by atoms with Gasteiger partial charge in [-0.05, 0) is 51.5 Å². The van der Waals surface area contributed by atoms with Crippen molar-refractivity contribution in [3.63, 3.8) is 0 Å². The van der Waals surface area contributed by atoms with Crippen LogP contribution >= 0.6 is 0 Å². The van der Waals surface area contributed by atoms with Crippen LogP contribution in [-0.4, -0.2) is 119 Å². The van der Waals surface area contributed by atoms with Crippen LogP contribution in [0.25, 0.3) is 0 Å². The Morgan fingerprint density at radius 3 is 1.85 bits per heavy atom.